The van der Waals surface area contributed by atoms with Gasteiger partial charge in [0, 0.05) is 19.6 Å². The fourth-order valence-electron chi connectivity index (χ4n) is 1.62. The van der Waals surface area contributed by atoms with Gasteiger partial charge in [0.1, 0.15) is 0 Å². The molecule has 1 rings (SSSR count). The molecular formula is C16H28IN3O. The van der Waals surface area contributed by atoms with E-state index < -0.39 is 0 Å². The molecule has 0 aromatic heterocycles. The Morgan fingerprint density at radius 2 is 1.90 bits per heavy atom. The number of rotatable bonds is 8. The Hall–Kier alpha value is -0.820. The second kappa shape index (κ2) is 12.9. The lowest BCUT2D eigenvalue weighted by Gasteiger charge is -2.12. The molecule has 0 aliphatic heterocycles. The molecule has 0 heterocycles. The number of guanidine groups is 1. The Labute approximate surface area is 145 Å². The first-order valence-electron chi connectivity index (χ1n) is 7.36. The number of nitrogens with one attached hydrogen (secondary N) is 2. The maximum Gasteiger partial charge on any atom is 0.191 e. The molecule has 0 spiro atoms. The zero-order valence-electron chi connectivity index (χ0n) is 13.3. The SMILES string of the molecule is CCNC(=NCC(C)C)NCCOCc1ccccc1.I. The minimum Gasteiger partial charge on any atom is -0.375 e. The smallest absolute Gasteiger partial charge is 0.191 e. The summed E-state index contributed by atoms with van der Waals surface area (Å²) in [6, 6.07) is 10.2. The largest absolute Gasteiger partial charge is 0.375 e. The van der Waals surface area contributed by atoms with Crippen molar-refractivity contribution in [1.29, 1.82) is 0 Å². The van der Waals surface area contributed by atoms with Crippen molar-refractivity contribution in [2.75, 3.05) is 26.2 Å². The van der Waals surface area contributed by atoms with Crippen molar-refractivity contribution < 1.29 is 4.74 Å². The van der Waals surface area contributed by atoms with E-state index in [2.05, 4.69) is 48.5 Å². The molecule has 120 valence electrons. The van der Waals surface area contributed by atoms with Gasteiger partial charge in [-0.05, 0) is 18.4 Å². The van der Waals surface area contributed by atoms with Crippen LogP contribution in [-0.4, -0.2) is 32.2 Å². The van der Waals surface area contributed by atoms with Crippen LogP contribution in [0.4, 0.5) is 0 Å². The van der Waals surface area contributed by atoms with Crippen LogP contribution in [0.2, 0.25) is 0 Å². The van der Waals surface area contributed by atoms with Gasteiger partial charge in [-0.25, -0.2) is 0 Å². The maximum atomic E-state index is 5.63. The van der Waals surface area contributed by atoms with Crippen LogP contribution < -0.4 is 10.6 Å². The number of aliphatic imine (C=N–C) groups is 1. The van der Waals surface area contributed by atoms with Gasteiger partial charge in [-0.15, -0.1) is 24.0 Å². The van der Waals surface area contributed by atoms with Gasteiger partial charge in [-0.2, -0.15) is 0 Å². The number of hydrogen-bond donors (Lipinski definition) is 2. The molecule has 2 N–H and O–H groups in total. The van der Waals surface area contributed by atoms with Crippen LogP contribution >= 0.6 is 24.0 Å². The van der Waals surface area contributed by atoms with Crippen molar-refractivity contribution >= 4 is 29.9 Å². The quantitative estimate of drug-likeness (QED) is 0.303. The lowest BCUT2D eigenvalue weighted by molar-refractivity contribution is 0.125. The van der Waals surface area contributed by atoms with E-state index in [0.29, 0.717) is 19.1 Å². The number of nitrogens with zero attached hydrogens (tertiary/aromatic N) is 1. The van der Waals surface area contributed by atoms with Gasteiger partial charge in [0.2, 0.25) is 0 Å². The normalized spacial score (nSPS) is 11.1. The Morgan fingerprint density at radius 3 is 2.52 bits per heavy atom. The minimum absolute atomic E-state index is 0. The molecule has 0 aliphatic carbocycles. The van der Waals surface area contributed by atoms with E-state index in [-0.39, 0.29) is 24.0 Å². The van der Waals surface area contributed by atoms with Crippen LogP contribution in [0, 0.1) is 5.92 Å². The van der Waals surface area contributed by atoms with Crippen LogP contribution in [0.25, 0.3) is 0 Å². The standard InChI is InChI=1S/C16H27N3O.HI/c1-4-17-16(19-12-14(2)3)18-10-11-20-13-15-8-6-5-7-9-15;/h5-9,14H,4,10-13H2,1-3H3,(H2,17,18,19);1H. The summed E-state index contributed by atoms with van der Waals surface area (Å²) in [5.74, 6) is 1.43. The summed E-state index contributed by atoms with van der Waals surface area (Å²) >= 11 is 0. The summed E-state index contributed by atoms with van der Waals surface area (Å²) in [6.07, 6.45) is 0. The van der Waals surface area contributed by atoms with E-state index in [1.807, 2.05) is 18.2 Å². The first-order valence-corrected chi connectivity index (χ1v) is 7.36. The summed E-state index contributed by atoms with van der Waals surface area (Å²) in [5, 5.41) is 6.51. The van der Waals surface area contributed by atoms with Crippen LogP contribution in [0.15, 0.2) is 35.3 Å². The average molecular weight is 405 g/mol. The predicted octanol–water partition coefficient (Wildman–Crippen LogP) is 3.03. The highest BCUT2D eigenvalue weighted by molar-refractivity contribution is 14.0. The van der Waals surface area contributed by atoms with Gasteiger partial charge >= 0.3 is 0 Å². The van der Waals surface area contributed by atoms with Crippen LogP contribution in [0.3, 0.4) is 0 Å². The third-order valence-corrected chi connectivity index (χ3v) is 2.61. The van der Waals surface area contributed by atoms with Gasteiger partial charge in [-0.3, -0.25) is 4.99 Å². The highest BCUT2D eigenvalue weighted by atomic mass is 127. The molecule has 5 heteroatoms. The van der Waals surface area contributed by atoms with Crippen LogP contribution in [-0.2, 0) is 11.3 Å². The number of hydrogen-bond acceptors (Lipinski definition) is 2. The summed E-state index contributed by atoms with van der Waals surface area (Å²) in [7, 11) is 0. The highest BCUT2D eigenvalue weighted by Gasteiger charge is 1.98. The second-order valence-electron chi connectivity index (χ2n) is 5.08. The molecule has 21 heavy (non-hydrogen) atoms. The molecule has 0 atom stereocenters. The average Bonchev–Trinajstić information content (AvgIpc) is 2.45. The molecule has 0 bridgehead atoms. The summed E-state index contributed by atoms with van der Waals surface area (Å²) in [5.41, 5.74) is 1.20. The second-order valence-corrected chi connectivity index (χ2v) is 5.08. The molecule has 0 saturated heterocycles. The van der Waals surface area contributed by atoms with E-state index in [9.17, 15) is 0 Å². The Kier molecular flexibility index (Phi) is 12.4. The monoisotopic (exact) mass is 405 g/mol. The molecule has 0 amide bonds. The zero-order chi connectivity index (χ0) is 14.6. The van der Waals surface area contributed by atoms with E-state index in [4.69, 9.17) is 4.74 Å². The van der Waals surface area contributed by atoms with Gasteiger partial charge in [0.15, 0.2) is 5.96 Å². The zero-order valence-corrected chi connectivity index (χ0v) is 15.6. The number of halogens is 1. The van der Waals surface area contributed by atoms with Crippen molar-refractivity contribution in [1.82, 2.24) is 10.6 Å². The molecule has 0 saturated carbocycles. The minimum atomic E-state index is 0. The maximum absolute atomic E-state index is 5.63. The molecule has 0 fully saturated rings. The molecule has 0 aliphatic rings. The van der Waals surface area contributed by atoms with Gasteiger partial charge < -0.3 is 15.4 Å². The van der Waals surface area contributed by atoms with Gasteiger partial charge in [0.25, 0.3) is 0 Å². The van der Waals surface area contributed by atoms with Crippen molar-refractivity contribution in [3.8, 4) is 0 Å². The van der Waals surface area contributed by atoms with Crippen molar-refractivity contribution in [2.24, 2.45) is 10.9 Å². The molecule has 0 radical (unpaired) electrons. The fourth-order valence-corrected chi connectivity index (χ4v) is 1.62. The lowest BCUT2D eigenvalue weighted by Crippen LogP contribution is -2.39. The first kappa shape index (κ1) is 20.2. The van der Waals surface area contributed by atoms with Crippen LogP contribution in [0.5, 0.6) is 0 Å². The van der Waals surface area contributed by atoms with Gasteiger partial charge in [-0.1, -0.05) is 44.2 Å². The number of benzene rings is 1. The summed E-state index contributed by atoms with van der Waals surface area (Å²) in [4.78, 5) is 4.51. The molecular weight excluding hydrogens is 377 g/mol. The first-order chi connectivity index (χ1) is 9.72. The molecule has 1 aromatic carbocycles. The Bertz CT molecular complexity index is 382. The van der Waals surface area contributed by atoms with E-state index in [0.717, 1.165) is 25.6 Å². The summed E-state index contributed by atoms with van der Waals surface area (Å²) in [6.45, 7) is 10.2. The number of ether oxygens (including phenoxy) is 1. The molecule has 0 unspecified atom stereocenters. The topological polar surface area (TPSA) is 45.7 Å². The molecule has 4 nitrogen and oxygen atoms in total. The van der Waals surface area contributed by atoms with Gasteiger partial charge in [0.05, 0.1) is 13.2 Å². The Balaban J connectivity index is 0.00000400. The third kappa shape index (κ3) is 10.5. The molecule has 1 aromatic rings. The fraction of sp³-hybridized carbons (Fsp3) is 0.562. The van der Waals surface area contributed by atoms with E-state index >= 15 is 0 Å². The van der Waals surface area contributed by atoms with Crippen molar-refractivity contribution in [3.63, 3.8) is 0 Å². The Morgan fingerprint density at radius 1 is 1.19 bits per heavy atom. The highest BCUT2D eigenvalue weighted by Crippen LogP contribution is 1.99. The summed E-state index contributed by atoms with van der Waals surface area (Å²) < 4.78 is 5.63. The predicted molar refractivity (Wildman–Crippen MR) is 100 cm³/mol. The van der Waals surface area contributed by atoms with E-state index in [1.54, 1.807) is 0 Å². The lowest BCUT2D eigenvalue weighted by atomic mass is 10.2. The van der Waals surface area contributed by atoms with E-state index in [1.165, 1.54) is 5.56 Å². The van der Waals surface area contributed by atoms with Crippen molar-refractivity contribution in [2.45, 2.75) is 27.4 Å². The van der Waals surface area contributed by atoms with Crippen LogP contribution in [0.1, 0.15) is 26.3 Å². The van der Waals surface area contributed by atoms with Crippen molar-refractivity contribution in [3.05, 3.63) is 35.9 Å². The third-order valence-electron chi connectivity index (χ3n) is 2.61.